The topological polar surface area (TPSA) is 15.3 Å². The second-order valence-corrected chi connectivity index (χ2v) is 4.08. The molecule has 1 aromatic heterocycles. The lowest BCUT2D eigenvalue weighted by atomic mass is 10.3. The van der Waals surface area contributed by atoms with Crippen molar-refractivity contribution in [3.63, 3.8) is 0 Å². The largest absolute Gasteiger partial charge is 0.365 e. The number of anilines is 1. The molecule has 0 aromatic carbocycles. The van der Waals surface area contributed by atoms with E-state index in [1.54, 1.807) is 0 Å². The van der Waals surface area contributed by atoms with Crippen molar-refractivity contribution in [1.29, 1.82) is 0 Å². The molecule has 0 saturated heterocycles. The van der Waals surface area contributed by atoms with Crippen LogP contribution in [0.25, 0.3) is 0 Å². The molecule has 2 nitrogen and oxygen atoms in total. The predicted octanol–water partition coefficient (Wildman–Crippen LogP) is 2.10. The number of thiophene rings is 1. The van der Waals surface area contributed by atoms with Crippen molar-refractivity contribution in [2.75, 3.05) is 31.6 Å². The van der Waals surface area contributed by atoms with Crippen molar-refractivity contribution in [3.05, 3.63) is 17.0 Å². The monoisotopic (exact) mass is 198 g/mol. The first-order chi connectivity index (χ1) is 6.25. The van der Waals surface area contributed by atoms with E-state index in [4.69, 9.17) is 0 Å². The smallest absolute Gasteiger partial charge is 0.0936 e. The number of hydrogen-bond donors (Lipinski definition) is 1. The summed E-state index contributed by atoms with van der Waals surface area (Å²) in [5.41, 5.74) is 1.38. The van der Waals surface area contributed by atoms with E-state index in [1.807, 2.05) is 11.3 Å². The van der Waals surface area contributed by atoms with Gasteiger partial charge in [0.05, 0.1) is 5.00 Å². The molecule has 1 rings (SSSR count). The molecule has 1 aromatic rings. The Kier molecular flexibility index (Phi) is 4.25. The quantitative estimate of drug-likeness (QED) is 0.729. The van der Waals surface area contributed by atoms with Crippen LogP contribution in [-0.2, 0) is 0 Å². The van der Waals surface area contributed by atoms with Crippen LogP contribution in [0, 0.1) is 6.92 Å². The Hall–Kier alpha value is -0.540. The predicted molar refractivity (Wildman–Crippen MR) is 60.9 cm³/mol. The van der Waals surface area contributed by atoms with Crippen LogP contribution in [0.4, 0.5) is 5.00 Å². The Labute approximate surface area is 84.6 Å². The van der Waals surface area contributed by atoms with Gasteiger partial charge in [0.25, 0.3) is 0 Å². The number of rotatable bonds is 5. The number of hydrogen-bond acceptors (Lipinski definition) is 3. The zero-order chi connectivity index (χ0) is 9.68. The summed E-state index contributed by atoms with van der Waals surface area (Å²) >= 11 is 1.81. The first-order valence-corrected chi connectivity index (χ1v) is 5.59. The minimum atomic E-state index is 1.05. The summed E-state index contributed by atoms with van der Waals surface area (Å²) in [6, 6.07) is 2.17. The van der Waals surface area contributed by atoms with Crippen LogP contribution in [0.2, 0.25) is 0 Å². The molecule has 0 aliphatic heterocycles. The fourth-order valence-corrected chi connectivity index (χ4v) is 2.21. The van der Waals surface area contributed by atoms with E-state index in [1.165, 1.54) is 10.6 Å². The summed E-state index contributed by atoms with van der Waals surface area (Å²) in [6.45, 7) is 7.49. The third-order valence-electron chi connectivity index (χ3n) is 2.06. The third-order valence-corrected chi connectivity index (χ3v) is 3.18. The van der Waals surface area contributed by atoms with Gasteiger partial charge in [-0.2, -0.15) is 0 Å². The molecule has 0 spiro atoms. The standard InChI is InChI=1S/C10H18N2S/c1-4-11-6-7-12(3)10-9(2)5-8-13-10/h5,8,11H,4,6-7H2,1-3H3. The van der Waals surface area contributed by atoms with Gasteiger partial charge in [0.1, 0.15) is 0 Å². The summed E-state index contributed by atoms with van der Waals surface area (Å²) in [6.07, 6.45) is 0. The highest BCUT2D eigenvalue weighted by molar-refractivity contribution is 7.14. The van der Waals surface area contributed by atoms with Crippen LogP contribution >= 0.6 is 11.3 Å². The van der Waals surface area contributed by atoms with Gasteiger partial charge >= 0.3 is 0 Å². The lowest BCUT2D eigenvalue weighted by Crippen LogP contribution is -2.28. The molecular formula is C10H18N2S. The Morgan fingerprint density at radius 3 is 2.85 bits per heavy atom. The normalized spacial score (nSPS) is 10.4. The first kappa shape index (κ1) is 10.5. The van der Waals surface area contributed by atoms with Crippen molar-refractivity contribution < 1.29 is 0 Å². The average Bonchev–Trinajstić information content (AvgIpc) is 2.52. The molecule has 74 valence electrons. The van der Waals surface area contributed by atoms with Crippen molar-refractivity contribution in [2.24, 2.45) is 0 Å². The maximum Gasteiger partial charge on any atom is 0.0936 e. The van der Waals surface area contributed by atoms with Crippen LogP contribution in [0.1, 0.15) is 12.5 Å². The van der Waals surface area contributed by atoms with Crippen LogP contribution in [-0.4, -0.2) is 26.7 Å². The zero-order valence-electron chi connectivity index (χ0n) is 8.63. The second kappa shape index (κ2) is 5.25. The van der Waals surface area contributed by atoms with Gasteiger partial charge in [-0.15, -0.1) is 11.3 Å². The van der Waals surface area contributed by atoms with Gasteiger partial charge in [0.2, 0.25) is 0 Å². The Bertz CT molecular complexity index is 245. The number of nitrogens with zero attached hydrogens (tertiary/aromatic N) is 1. The molecule has 0 saturated carbocycles. The second-order valence-electron chi connectivity index (χ2n) is 3.18. The molecule has 0 atom stereocenters. The zero-order valence-corrected chi connectivity index (χ0v) is 9.45. The molecular weight excluding hydrogens is 180 g/mol. The van der Waals surface area contributed by atoms with Gasteiger partial charge < -0.3 is 10.2 Å². The third kappa shape index (κ3) is 3.01. The lowest BCUT2D eigenvalue weighted by Gasteiger charge is -2.18. The molecule has 1 N–H and O–H groups in total. The van der Waals surface area contributed by atoms with Gasteiger partial charge in [-0.05, 0) is 30.5 Å². The molecule has 0 aliphatic carbocycles. The maximum absolute atomic E-state index is 3.32. The highest BCUT2D eigenvalue weighted by atomic mass is 32.1. The molecule has 0 fully saturated rings. The molecule has 3 heteroatoms. The summed E-state index contributed by atoms with van der Waals surface area (Å²) in [4.78, 5) is 2.31. The summed E-state index contributed by atoms with van der Waals surface area (Å²) < 4.78 is 0. The van der Waals surface area contributed by atoms with E-state index in [0.717, 1.165) is 19.6 Å². The van der Waals surface area contributed by atoms with E-state index in [9.17, 15) is 0 Å². The van der Waals surface area contributed by atoms with E-state index in [2.05, 4.69) is 42.6 Å². The van der Waals surface area contributed by atoms with Crippen molar-refractivity contribution in [2.45, 2.75) is 13.8 Å². The lowest BCUT2D eigenvalue weighted by molar-refractivity contribution is 0.707. The molecule has 0 bridgehead atoms. The number of aryl methyl sites for hydroxylation is 1. The van der Waals surface area contributed by atoms with Gasteiger partial charge in [0.15, 0.2) is 0 Å². The highest BCUT2D eigenvalue weighted by Crippen LogP contribution is 2.24. The summed E-state index contributed by atoms with van der Waals surface area (Å²) in [5.74, 6) is 0. The Morgan fingerprint density at radius 1 is 1.54 bits per heavy atom. The van der Waals surface area contributed by atoms with Crippen molar-refractivity contribution in [3.8, 4) is 0 Å². The van der Waals surface area contributed by atoms with Crippen molar-refractivity contribution >= 4 is 16.3 Å². The molecule has 0 aliphatic rings. The first-order valence-electron chi connectivity index (χ1n) is 4.71. The molecule has 13 heavy (non-hydrogen) atoms. The van der Waals surface area contributed by atoms with Gasteiger partial charge in [0, 0.05) is 20.1 Å². The van der Waals surface area contributed by atoms with Crippen LogP contribution in [0.15, 0.2) is 11.4 Å². The SMILES string of the molecule is CCNCCN(C)c1sccc1C. The minimum Gasteiger partial charge on any atom is -0.365 e. The summed E-state index contributed by atoms with van der Waals surface area (Å²) in [7, 11) is 2.15. The van der Waals surface area contributed by atoms with E-state index in [-0.39, 0.29) is 0 Å². The Morgan fingerprint density at radius 2 is 2.31 bits per heavy atom. The van der Waals surface area contributed by atoms with E-state index >= 15 is 0 Å². The van der Waals surface area contributed by atoms with E-state index < -0.39 is 0 Å². The molecule has 0 unspecified atom stereocenters. The molecule has 1 heterocycles. The van der Waals surface area contributed by atoms with Crippen LogP contribution in [0.3, 0.4) is 0 Å². The van der Waals surface area contributed by atoms with Gasteiger partial charge in [-0.1, -0.05) is 6.92 Å². The van der Waals surface area contributed by atoms with E-state index in [0.29, 0.717) is 0 Å². The highest BCUT2D eigenvalue weighted by Gasteiger charge is 2.04. The summed E-state index contributed by atoms with van der Waals surface area (Å²) in [5, 5.41) is 6.86. The molecule has 0 radical (unpaired) electrons. The fourth-order valence-electron chi connectivity index (χ4n) is 1.28. The number of nitrogens with one attached hydrogen (secondary N) is 1. The van der Waals surface area contributed by atoms with Gasteiger partial charge in [-0.3, -0.25) is 0 Å². The number of likely N-dealkylation sites (N-methyl/N-ethyl adjacent to an activating group) is 2. The average molecular weight is 198 g/mol. The van der Waals surface area contributed by atoms with Crippen LogP contribution in [0.5, 0.6) is 0 Å². The van der Waals surface area contributed by atoms with Gasteiger partial charge in [-0.25, -0.2) is 0 Å². The Balaban J connectivity index is 2.39. The minimum absolute atomic E-state index is 1.05. The van der Waals surface area contributed by atoms with Crippen LogP contribution < -0.4 is 10.2 Å². The maximum atomic E-state index is 3.32. The molecule has 0 amide bonds. The van der Waals surface area contributed by atoms with Crippen molar-refractivity contribution in [1.82, 2.24) is 5.32 Å². The fraction of sp³-hybridized carbons (Fsp3) is 0.600.